The van der Waals surface area contributed by atoms with Crippen LogP contribution < -0.4 is 0 Å². The van der Waals surface area contributed by atoms with Crippen LogP contribution in [0.2, 0.25) is 0 Å². The quantitative estimate of drug-likeness (QED) is 0.188. The summed E-state index contributed by atoms with van der Waals surface area (Å²) in [6, 6.07) is 7.05. The standard InChI is InChI=1S/C26H8Br8N2O4/c1-6(35-23(37)11-7-2-4-9(27)17(29)13(7)19(31)21(33)15(11)25(35)39)36-24(38)12-8-3-5-10(28)18(30)14(8)20(32)22(34)16(12)26(36)40/h2-6H,1H3. The lowest BCUT2D eigenvalue weighted by Gasteiger charge is -2.29. The highest BCUT2D eigenvalue weighted by atomic mass is 79.9. The van der Waals surface area contributed by atoms with Crippen LogP contribution in [0.3, 0.4) is 0 Å². The molecular weight excluding hydrogens is 1040 g/mol. The Morgan fingerprint density at radius 3 is 1.15 bits per heavy atom. The van der Waals surface area contributed by atoms with Crippen molar-refractivity contribution in [1.29, 1.82) is 0 Å². The fourth-order valence-electron chi connectivity index (χ4n) is 5.18. The molecule has 0 fully saturated rings. The average Bonchev–Trinajstić information content (AvgIpc) is 3.33. The van der Waals surface area contributed by atoms with Gasteiger partial charge in [0.05, 0.1) is 22.3 Å². The van der Waals surface area contributed by atoms with E-state index in [0.717, 1.165) is 18.7 Å². The van der Waals surface area contributed by atoms with E-state index in [1.807, 2.05) is 0 Å². The average molecular weight is 1050 g/mol. The van der Waals surface area contributed by atoms with Gasteiger partial charge in [-0.25, -0.2) is 0 Å². The maximum atomic E-state index is 13.9. The van der Waals surface area contributed by atoms with Gasteiger partial charge in [-0.3, -0.25) is 29.0 Å². The molecule has 6 nitrogen and oxygen atoms in total. The minimum atomic E-state index is -1.21. The Balaban J connectivity index is 1.51. The molecule has 0 saturated carbocycles. The molecule has 4 aromatic carbocycles. The van der Waals surface area contributed by atoms with E-state index in [1.54, 1.807) is 24.3 Å². The van der Waals surface area contributed by atoms with Crippen LogP contribution in [0.4, 0.5) is 0 Å². The number of nitrogens with zero attached hydrogens (tertiary/aromatic N) is 2. The molecule has 6 rings (SSSR count). The second-order valence-electron chi connectivity index (χ2n) is 8.92. The maximum absolute atomic E-state index is 13.9. The summed E-state index contributed by atoms with van der Waals surface area (Å²) in [7, 11) is 0. The molecule has 0 bridgehead atoms. The van der Waals surface area contributed by atoms with Gasteiger partial charge in [0, 0.05) is 46.6 Å². The lowest BCUT2D eigenvalue weighted by molar-refractivity contribution is 0.0324. The molecule has 0 atom stereocenters. The number of rotatable bonds is 2. The summed E-state index contributed by atoms with van der Waals surface area (Å²) in [5.74, 6) is -2.44. The summed E-state index contributed by atoms with van der Waals surface area (Å²) < 4.78 is 4.91. The summed E-state index contributed by atoms with van der Waals surface area (Å²) in [6.45, 7) is 1.50. The van der Waals surface area contributed by atoms with Gasteiger partial charge in [0.25, 0.3) is 23.6 Å². The molecule has 14 heteroatoms. The fourth-order valence-corrected chi connectivity index (χ4v) is 9.81. The van der Waals surface area contributed by atoms with Crippen LogP contribution in [0.25, 0.3) is 21.5 Å². The molecule has 2 aliphatic heterocycles. The number of carbonyl (C=O) groups is 4. The minimum absolute atomic E-state index is 0.158. The molecule has 2 heterocycles. The fraction of sp³-hybridized carbons (Fsp3) is 0.0769. The monoisotopic (exact) mass is 1040 g/mol. The van der Waals surface area contributed by atoms with Crippen molar-refractivity contribution in [3.8, 4) is 0 Å². The van der Waals surface area contributed by atoms with Gasteiger partial charge in [-0.2, -0.15) is 0 Å². The molecule has 0 unspecified atom stereocenters. The van der Waals surface area contributed by atoms with Crippen LogP contribution in [0, 0.1) is 0 Å². The first-order valence-corrected chi connectivity index (χ1v) is 17.5. The van der Waals surface area contributed by atoms with Crippen LogP contribution in [-0.4, -0.2) is 39.6 Å². The van der Waals surface area contributed by atoms with Gasteiger partial charge < -0.3 is 0 Å². The zero-order chi connectivity index (χ0) is 29.1. The smallest absolute Gasteiger partial charge is 0.264 e. The first kappa shape index (κ1) is 29.6. The van der Waals surface area contributed by atoms with Crippen LogP contribution in [0.15, 0.2) is 60.0 Å². The van der Waals surface area contributed by atoms with E-state index in [0.29, 0.717) is 48.4 Å². The molecule has 202 valence electrons. The Morgan fingerprint density at radius 1 is 0.475 bits per heavy atom. The zero-order valence-electron chi connectivity index (χ0n) is 19.4. The molecule has 4 aromatic rings. The number of hydrogen-bond acceptors (Lipinski definition) is 4. The van der Waals surface area contributed by atoms with E-state index in [9.17, 15) is 19.2 Å². The molecule has 0 aromatic heterocycles. The highest BCUT2D eigenvalue weighted by Gasteiger charge is 2.50. The van der Waals surface area contributed by atoms with E-state index < -0.39 is 29.8 Å². The van der Waals surface area contributed by atoms with E-state index in [4.69, 9.17) is 0 Å². The van der Waals surface area contributed by atoms with Crippen molar-refractivity contribution in [2.24, 2.45) is 0 Å². The Morgan fingerprint density at radius 2 is 0.800 bits per heavy atom. The number of amides is 4. The molecule has 4 amide bonds. The van der Waals surface area contributed by atoms with Crippen molar-refractivity contribution in [3.05, 3.63) is 82.3 Å². The second kappa shape index (κ2) is 10.3. The van der Waals surface area contributed by atoms with E-state index in [-0.39, 0.29) is 22.3 Å². The lowest BCUT2D eigenvalue weighted by Crippen LogP contribution is -2.51. The van der Waals surface area contributed by atoms with Gasteiger partial charge >= 0.3 is 0 Å². The van der Waals surface area contributed by atoms with Crippen molar-refractivity contribution in [2.45, 2.75) is 13.1 Å². The number of benzene rings is 4. The van der Waals surface area contributed by atoms with Crippen molar-refractivity contribution in [2.75, 3.05) is 0 Å². The van der Waals surface area contributed by atoms with Gasteiger partial charge in [-0.15, -0.1) is 0 Å². The maximum Gasteiger partial charge on any atom is 0.264 e. The number of fused-ring (bicyclic) bond motifs is 6. The Labute approximate surface area is 293 Å². The Bertz CT molecular complexity index is 1820. The summed E-state index contributed by atoms with van der Waals surface area (Å²) >= 11 is 28.2. The lowest BCUT2D eigenvalue weighted by atomic mass is 10.0. The van der Waals surface area contributed by atoms with Crippen LogP contribution in [0.1, 0.15) is 48.4 Å². The first-order chi connectivity index (χ1) is 18.8. The van der Waals surface area contributed by atoms with Gasteiger partial charge in [-0.1, -0.05) is 12.1 Å². The highest BCUT2D eigenvalue weighted by molar-refractivity contribution is 9.14. The summed E-state index contributed by atoms with van der Waals surface area (Å²) in [5, 5.41) is 2.47. The molecular formula is C26H8Br8N2O4. The summed E-state index contributed by atoms with van der Waals surface area (Å²) in [6.07, 6.45) is -1.21. The molecule has 40 heavy (non-hydrogen) atoms. The largest absolute Gasteiger partial charge is 0.268 e. The van der Waals surface area contributed by atoms with Crippen LogP contribution in [0.5, 0.6) is 0 Å². The first-order valence-electron chi connectivity index (χ1n) is 11.1. The molecule has 0 spiro atoms. The minimum Gasteiger partial charge on any atom is -0.268 e. The predicted molar refractivity (Wildman–Crippen MR) is 180 cm³/mol. The number of hydrogen-bond donors (Lipinski definition) is 0. The number of carbonyl (C=O) groups excluding carboxylic acids is 4. The summed E-state index contributed by atoms with van der Waals surface area (Å²) in [5.41, 5.74) is 0.695. The second-order valence-corrected chi connectivity index (χ2v) is 15.4. The van der Waals surface area contributed by atoms with Gasteiger partial charge in [0.2, 0.25) is 0 Å². The van der Waals surface area contributed by atoms with Gasteiger partial charge in [0.15, 0.2) is 0 Å². The predicted octanol–water partition coefficient (Wildman–Crippen LogP) is 10.3. The Kier molecular flexibility index (Phi) is 7.63. The molecule has 0 aliphatic carbocycles. The van der Waals surface area contributed by atoms with E-state index in [1.165, 1.54) is 6.92 Å². The topological polar surface area (TPSA) is 74.8 Å². The van der Waals surface area contributed by atoms with Crippen molar-refractivity contribution in [3.63, 3.8) is 0 Å². The number of imide groups is 2. The number of halogens is 8. The molecule has 2 aliphatic rings. The molecule has 0 saturated heterocycles. The highest BCUT2D eigenvalue weighted by Crippen LogP contribution is 2.49. The Hall–Kier alpha value is -0.480. The third-order valence-corrected chi connectivity index (χ3v) is 15.2. The SMILES string of the molecule is CC(N1C(=O)c2c(Br)c(Br)c3c(Br)c(Br)ccc3c2C1=O)N1C(=O)c2c(Br)c(Br)c3c(Br)c(Br)ccc3c2C1=O. The van der Waals surface area contributed by atoms with Crippen LogP contribution in [-0.2, 0) is 0 Å². The van der Waals surface area contributed by atoms with Gasteiger partial charge in [-0.05, 0) is 157 Å². The van der Waals surface area contributed by atoms with Crippen LogP contribution >= 0.6 is 127 Å². The molecule has 0 radical (unpaired) electrons. The van der Waals surface area contributed by atoms with Crippen molar-refractivity contribution in [1.82, 2.24) is 9.80 Å². The molecule has 0 N–H and O–H groups in total. The third kappa shape index (κ3) is 3.88. The van der Waals surface area contributed by atoms with E-state index in [2.05, 4.69) is 127 Å². The van der Waals surface area contributed by atoms with Crippen molar-refractivity contribution < 1.29 is 19.2 Å². The normalized spacial score (nSPS) is 14.9. The zero-order valence-corrected chi connectivity index (χ0v) is 32.1. The third-order valence-electron chi connectivity index (χ3n) is 6.97. The van der Waals surface area contributed by atoms with E-state index >= 15 is 0 Å². The van der Waals surface area contributed by atoms with Crippen molar-refractivity contribution >= 4 is 173 Å². The van der Waals surface area contributed by atoms with Gasteiger partial charge in [0.1, 0.15) is 6.17 Å². The summed E-state index contributed by atoms with van der Waals surface area (Å²) in [4.78, 5) is 57.5.